The molecule has 0 amide bonds. The van der Waals surface area contributed by atoms with Crippen molar-refractivity contribution in [3.8, 4) is 5.69 Å². The number of anilines is 2. The van der Waals surface area contributed by atoms with Gasteiger partial charge in [0.15, 0.2) is 5.82 Å². The Morgan fingerprint density at radius 3 is 2.54 bits per heavy atom. The highest BCUT2D eigenvalue weighted by Crippen LogP contribution is 2.39. The maximum atomic E-state index is 6.31. The molecule has 0 radical (unpaired) electrons. The molecule has 24 heavy (non-hydrogen) atoms. The third kappa shape index (κ3) is 2.34. The zero-order valence-corrected chi connectivity index (χ0v) is 14.1. The van der Waals surface area contributed by atoms with Gasteiger partial charge in [0, 0.05) is 30.9 Å². The second-order valence-electron chi connectivity index (χ2n) is 5.76. The van der Waals surface area contributed by atoms with E-state index in [4.69, 9.17) is 11.6 Å². The molecule has 1 aliphatic rings. The fourth-order valence-corrected chi connectivity index (χ4v) is 3.05. The van der Waals surface area contributed by atoms with Crippen LogP contribution in [0.2, 0.25) is 5.02 Å². The number of hydrogen-bond donors (Lipinski definition) is 0. The van der Waals surface area contributed by atoms with Gasteiger partial charge in [0.1, 0.15) is 12.1 Å². The van der Waals surface area contributed by atoms with E-state index in [1.165, 1.54) is 0 Å². The van der Waals surface area contributed by atoms with E-state index in [-0.39, 0.29) is 0 Å². The van der Waals surface area contributed by atoms with Crippen molar-refractivity contribution in [1.29, 1.82) is 0 Å². The Labute approximate surface area is 145 Å². The quantitative estimate of drug-likeness (QED) is 0.710. The molecular weight excluding hydrogens is 322 g/mol. The Hall–Kier alpha value is -2.79. The van der Waals surface area contributed by atoms with Gasteiger partial charge in [0.2, 0.25) is 0 Å². The molecule has 2 aromatic carbocycles. The summed E-state index contributed by atoms with van der Waals surface area (Å²) in [6.07, 6.45) is 3.74. The van der Waals surface area contributed by atoms with Gasteiger partial charge in [-0.05, 0) is 30.3 Å². The summed E-state index contributed by atoms with van der Waals surface area (Å²) in [5, 5.41) is 8.99. The van der Waals surface area contributed by atoms with Crippen molar-refractivity contribution in [2.45, 2.75) is 0 Å². The largest absolute Gasteiger partial charge is 0.364 e. The smallest absolute Gasteiger partial charge is 0.164 e. The first-order chi connectivity index (χ1) is 11.6. The van der Waals surface area contributed by atoms with Crippen molar-refractivity contribution in [3.05, 3.63) is 71.5 Å². The SMILES string of the molecule is CN(C)C1=Cc2nncn2-c2ccc(Cl)cc2N1c1ccccc1. The van der Waals surface area contributed by atoms with Gasteiger partial charge in [-0.15, -0.1) is 10.2 Å². The molecule has 2 heterocycles. The molecule has 5 nitrogen and oxygen atoms in total. The lowest BCUT2D eigenvalue weighted by Gasteiger charge is -2.32. The van der Waals surface area contributed by atoms with Crippen LogP contribution in [0, 0.1) is 0 Å². The van der Waals surface area contributed by atoms with E-state index in [0.29, 0.717) is 5.02 Å². The van der Waals surface area contributed by atoms with Crippen molar-refractivity contribution in [1.82, 2.24) is 19.7 Å². The molecule has 0 spiro atoms. The molecule has 0 fully saturated rings. The van der Waals surface area contributed by atoms with Crippen molar-refractivity contribution in [2.75, 3.05) is 19.0 Å². The van der Waals surface area contributed by atoms with Crippen LogP contribution in [0.15, 0.2) is 60.7 Å². The van der Waals surface area contributed by atoms with Gasteiger partial charge in [-0.1, -0.05) is 29.8 Å². The zero-order chi connectivity index (χ0) is 16.7. The zero-order valence-electron chi connectivity index (χ0n) is 13.4. The highest BCUT2D eigenvalue weighted by molar-refractivity contribution is 6.31. The molecule has 0 unspecified atom stereocenters. The number of benzene rings is 2. The van der Waals surface area contributed by atoms with Gasteiger partial charge < -0.3 is 4.90 Å². The second-order valence-corrected chi connectivity index (χ2v) is 6.20. The van der Waals surface area contributed by atoms with Gasteiger partial charge in [-0.2, -0.15) is 0 Å². The molecule has 6 heteroatoms. The van der Waals surface area contributed by atoms with Crippen molar-refractivity contribution in [3.63, 3.8) is 0 Å². The highest BCUT2D eigenvalue weighted by Gasteiger charge is 2.25. The molecule has 0 saturated carbocycles. The normalized spacial score (nSPS) is 13.0. The standard InChI is InChI=1S/C18H16ClN5/c1-22(2)18-11-17-21-20-12-23(17)15-9-8-13(19)10-16(15)24(18)14-6-4-3-5-7-14/h3-12H,1-2H3. The summed E-state index contributed by atoms with van der Waals surface area (Å²) in [7, 11) is 4.02. The summed E-state index contributed by atoms with van der Waals surface area (Å²) in [5.74, 6) is 1.76. The van der Waals surface area contributed by atoms with E-state index in [1.54, 1.807) is 6.33 Å². The predicted molar refractivity (Wildman–Crippen MR) is 96.6 cm³/mol. The van der Waals surface area contributed by atoms with E-state index in [0.717, 1.165) is 28.7 Å². The van der Waals surface area contributed by atoms with Crippen LogP contribution in [-0.4, -0.2) is 33.8 Å². The van der Waals surface area contributed by atoms with Crippen molar-refractivity contribution >= 4 is 29.1 Å². The minimum Gasteiger partial charge on any atom is -0.364 e. The predicted octanol–water partition coefficient (Wildman–Crippen LogP) is 3.93. The Balaban J connectivity index is 2.05. The minimum absolute atomic E-state index is 0.685. The lowest BCUT2D eigenvalue weighted by atomic mass is 10.2. The van der Waals surface area contributed by atoms with Crippen LogP contribution in [0.1, 0.15) is 5.82 Å². The van der Waals surface area contributed by atoms with Crippen LogP contribution < -0.4 is 4.90 Å². The van der Waals surface area contributed by atoms with Gasteiger partial charge >= 0.3 is 0 Å². The third-order valence-corrected chi connectivity index (χ3v) is 4.21. The van der Waals surface area contributed by atoms with Gasteiger partial charge in [-0.25, -0.2) is 0 Å². The monoisotopic (exact) mass is 337 g/mol. The molecule has 120 valence electrons. The Morgan fingerprint density at radius 2 is 1.79 bits per heavy atom. The number of para-hydroxylation sites is 1. The molecule has 1 aliphatic heterocycles. The first-order valence-corrected chi connectivity index (χ1v) is 7.97. The summed E-state index contributed by atoms with van der Waals surface area (Å²) in [5.41, 5.74) is 3.02. The first kappa shape index (κ1) is 14.8. The third-order valence-electron chi connectivity index (χ3n) is 3.97. The molecule has 0 aliphatic carbocycles. The Morgan fingerprint density at radius 1 is 1.00 bits per heavy atom. The van der Waals surface area contributed by atoms with Gasteiger partial charge in [-0.3, -0.25) is 9.47 Å². The van der Waals surface area contributed by atoms with Crippen LogP contribution in [0.3, 0.4) is 0 Å². The Bertz CT molecular complexity index is 914. The lowest BCUT2D eigenvalue weighted by molar-refractivity contribution is 0.507. The maximum absolute atomic E-state index is 6.31. The number of rotatable bonds is 2. The van der Waals surface area contributed by atoms with Crippen LogP contribution in [0.25, 0.3) is 11.8 Å². The summed E-state index contributed by atoms with van der Waals surface area (Å²) >= 11 is 6.31. The van der Waals surface area contributed by atoms with E-state index < -0.39 is 0 Å². The highest BCUT2D eigenvalue weighted by atomic mass is 35.5. The number of nitrogens with zero attached hydrogens (tertiary/aromatic N) is 5. The molecule has 0 saturated heterocycles. The topological polar surface area (TPSA) is 37.2 Å². The van der Waals surface area contributed by atoms with Crippen molar-refractivity contribution in [2.24, 2.45) is 0 Å². The van der Waals surface area contributed by atoms with Crippen molar-refractivity contribution < 1.29 is 0 Å². The fraction of sp³-hybridized carbons (Fsp3) is 0.111. The average molecular weight is 338 g/mol. The molecule has 0 atom stereocenters. The molecular formula is C18H16ClN5. The van der Waals surface area contributed by atoms with Crippen LogP contribution in [0.4, 0.5) is 11.4 Å². The summed E-state index contributed by atoms with van der Waals surface area (Å²) in [6, 6.07) is 16.1. The first-order valence-electron chi connectivity index (χ1n) is 7.59. The summed E-state index contributed by atoms with van der Waals surface area (Å²) < 4.78 is 1.97. The van der Waals surface area contributed by atoms with E-state index in [9.17, 15) is 0 Å². The molecule has 1 aromatic heterocycles. The molecule has 4 rings (SSSR count). The van der Waals surface area contributed by atoms with Crippen LogP contribution >= 0.6 is 11.6 Å². The van der Waals surface area contributed by atoms with Gasteiger partial charge in [0.05, 0.1) is 11.4 Å². The number of fused-ring (bicyclic) bond motifs is 3. The average Bonchev–Trinajstić information content (AvgIpc) is 2.98. The summed E-state index contributed by atoms with van der Waals surface area (Å²) in [6.45, 7) is 0. The van der Waals surface area contributed by atoms with Crippen LogP contribution in [0.5, 0.6) is 0 Å². The van der Waals surface area contributed by atoms with Gasteiger partial charge in [0.25, 0.3) is 0 Å². The number of aromatic nitrogens is 3. The summed E-state index contributed by atoms with van der Waals surface area (Å²) in [4.78, 5) is 4.23. The number of halogens is 1. The number of hydrogen-bond acceptors (Lipinski definition) is 4. The lowest BCUT2D eigenvalue weighted by Crippen LogP contribution is -2.27. The second kappa shape index (κ2) is 5.69. The molecule has 3 aromatic rings. The van der Waals surface area contributed by atoms with E-state index in [2.05, 4.69) is 32.1 Å². The molecule has 0 bridgehead atoms. The van der Waals surface area contributed by atoms with E-state index >= 15 is 0 Å². The van der Waals surface area contributed by atoms with E-state index in [1.807, 2.05) is 61.1 Å². The van der Waals surface area contributed by atoms with Crippen LogP contribution in [-0.2, 0) is 0 Å². The Kier molecular flexibility index (Phi) is 3.50. The molecule has 0 N–H and O–H groups in total. The minimum atomic E-state index is 0.685. The maximum Gasteiger partial charge on any atom is 0.164 e. The fourth-order valence-electron chi connectivity index (χ4n) is 2.89.